The molecule has 66 valence electrons. The second kappa shape index (κ2) is 2.93. The molecule has 1 aromatic carbocycles. The topological polar surface area (TPSA) is 44.0 Å². The molecule has 0 heterocycles. The Morgan fingerprint density at radius 2 is 2.15 bits per heavy atom. The smallest absolute Gasteiger partial charge is 0.134 e. The average Bonchev–Trinajstić information content (AvgIpc) is 2.88. The highest BCUT2D eigenvalue weighted by Crippen LogP contribution is 2.44. The molecule has 0 spiro atoms. The van der Waals surface area contributed by atoms with Gasteiger partial charge in [-0.05, 0) is 30.4 Å². The molecular formula is C10H8ClNO. The van der Waals surface area contributed by atoms with Crippen LogP contribution in [0.5, 0.6) is 5.75 Å². The molecule has 0 radical (unpaired) electrons. The number of aromatic hydroxyl groups is 1. The van der Waals surface area contributed by atoms with Crippen LogP contribution >= 0.6 is 11.6 Å². The first-order chi connectivity index (χ1) is 6.22. The van der Waals surface area contributed by atoms with Crippen LogP contribution in [0.1, 0.15) is 29.9 Å². The number of nitrogens with zero attached hydrogens (tertiary/aromatic N) is 1. The molecule has 2 nitrogen and oxygen atoms in total. The van der Waals surface area contributed by atoms with Crippen molar-refractivity contribution in [3.63, 3.8) is 0 Å². The van der Waals surface area contributed by atoms with Gasteiger partial charge in [0.05, 0.1) is 5.56 Å². The minimum absolute atomic E-state index is 0.0306. The number of hydrogen-bond donors (Lipinski definition) is 1. The molecular weight excluding hydrogens is 186 g/mol. The molecule has 0 aromatic heterocycles. The summed E-state index contributed by atoms with van der Waals surface area (Å²) in [6.07, 6.45) is 2.27. The Kier molecular flexibility index (Phi) is 1.90. The lowest BCUT2D eigenvalue weighted by molar-refractivity contribution is 0.473. The molecule has 1 N–H and O–H groups in total. The van der Waals surface area contributed by atoms with Crippen molar-refractivity contribution in [2.45, 2.75) is 18.8 Å². The molecule has 0 aliphatic heterocycles. The standard InChI is InChI=1S/C10H8ClNO/c11-9-4-10(13)7(5-12)3-8(9)6-1-2-6/h3-4,6,13H,1-2H2. The van der Waals surface area contributed by atoms with Crippen molar-refractivity contribution in [3.05, 3.63) is 28.3 Å². The van der Waals surface area contributed by atoms with Crippen LogP contribution in [-0.2, 0) is 0 Å². The van der Waals surface area contributed by atoms with Crippen molar-refractivity contribution >= 4 is 11.6 Å². The molecule has 0 bridgehead atoms. The zero-order valence-corrected chi connectivity index (χ0v) is 7.67. The number of halogens is 1. The van der Waals surface area contributed by atoms with Crippen LogP contribution in [0.2, 0.25) is 5.02 Å². The third kappa shape index (κ3) is 1.48. The molecule has 2 rings (SSSR count). The third-order valence-corrected chi connectivity index (χ3v) is 2.58. The van der Waals surface area contributed by atoms with E-state index in [0.29, 0.717) is 16.5 Å². The molecule has 13 heavy (non-hydrogen) atoms. The lowest BCUT2D eigenvalue weighted by atomic mass is 10.1. The number of hydrogen-bond acceptors (Lipinski definition) is 2. The highest BCUT2D eigenvalue weighted by atomic mass is 35.5. The first-order valence-corrected chi connectivity index (χ1v) is 4.52. The number of phenols is 1. The van der Waals surface area contributed by atoms with Crippen LogP contribution in [-0.4, -0.2) is 5.11 Å². The summed E-state index contributed by atoms with van der Waals surface area (Å²) in [6, 6.07) is 5.08. The zero-order valence-electron chi connectivity index (χ0n) is 6.92. The van der Waals surface area contributed by atoms with Crippen LogP contribution in [0.4, 0.5) is 0 Å². The van der Waals surface area contributed by atoms with Crippen molar-refractivity contribution in [1.82, 2.24) is 0 Å². The van der Waals surface area contributed by atoms with Crippen LogP contribution in [0.15, 0.2) is 12.1 Å². The Bertz CT molecular complexity index is 391. The third-order valence-electron chi connectivity index (χ3n) is 2.25. The number of rotatable bonds is 1. The van der Waals surface area contributed by atoms with E-state index in [0.717, 1.165) is 18.4 Å². The van der Waals surface area contributed by atoms with E-state index >= 15 is 0 Å². The molecule has 1 aliphatic carbocycles. The van der Waals surface area contributed by atoms with E-state index < -0.39 is 0 Å². The normalized spacial score (nSPS) is 15.4. The zero-order chi connectivity index (χ0) is 9.42. The van der Waals surface area contributed by atoms with Crippen molar-refractivity contribution < 1.29 is 5.11 Å². The van der Waals surface area contributed by atoms with E-state index in [2.05, 4.69) is 0 Å². The molecule has 1 fully saturated rings. The van der Waals surface area contributed by atoms with E-state index in [1.807, 2.05) is 6.07 Å². The minimum Gasteiger partial charge on any atom is -0.507 e. The Morgan fingerprint density at radius 1 is 1.46 bits per heavy atom. The summed E-state index contributed by atoms with van der Waals surface area (Å²) < 4.78 is 0. The molecule has 1 aliphatic rings. The van der Waals surface area contributed by atoms with Gasteiger partial charge in [-0.25, -0.2) is 0 Å². The number of nitriles is 1. The fourth-order valence-corrected chi connectivity index (χ4v) is 1.69. The maximum atomic E-state index is 9.31. The number of phenolic OH excluding ortho intramolecular Hbond substituents is 1. The van der Waals surface area contributed by atoms with Gasteiger partial charge >= 0.3 is 0 Å². The quantitative estimate of drug-likeness (QED) is 0.746. The molecule has 0 unspecified atom stereocenters. The summed E-state index contributed by atoms with van der Waals surface area (Å²) in [6.45, 7) is 0. The van der Waals surface area contributed by atoms with Crippen LogP contribution in [0.25, 0.3) is 0 Å². The van der Waals surface area contributed by atoms with Gasteiger partial charge in [-0.15, -0.1) is 0 Å². The van der Waals surface area contributed by atoms with Gasteiger partial charge in [-0.1, -0.05) is 11.6 Å². The van der Waals surface area contributed by atoms with Gasteiger partial charge < -0.3 is 5.11 Å². The van der Waals surface area contributed by atoms with E-state index in [9.17, 15) is 5.11 Å². The predicted molar refractivity (Wildman–Crippen MR) is 49.8 cm³/mol. The molecule has 1 aromatic rings. The molecule has 0 amide bonds. The summed E-state index contributed by atoms with van der Waals surface area (Å²) in [5.41, 5.74) is 1.31. The lowest BCUT2D eigenvalue weighted by Crippen LogP contribution is -1.85. The summed E-state index contributed by atoms with van der Waals surface area (Å²) >= 11 is 5.92. The summed E-state index contributed by atoms with van der Waals surface area (Å²) in [7, 11) is 0. The monoisotopic (exact) mass is 193 g/mol. The van der Waals surface area contributed by atoms with Crippen LogP contribution in [0.3, 0.4) is 0 Å². The van der Waals surface area contributed by atoms with E-state index in [4.69, 9.17) is 16.9 Å². The summed E-state index contributed by atoms with van der Waals surface area (Å²) in [4.78, 5) is 0. The Balaban J connectivity index is 2.52. The predicted octanol–water partition coefficient (Wildman–Crippen LogP) is 2.79. The number of benzene rings is 1. The van der Waals surface area contributed by atoms with Gasteiger partial charge in [0.15, 0.2) is 0 Å². The second-order valence-corrected chi connectivity index (χ2v) is 3.68. The lowest BCUT2D eigenvalue weighted by Gasteiger charge is -2.03. The Hall–Kier alpha value is -1.20. The average molecular weight is 194 g/mol. The van der Waals surface area contributed by atoms with Crippen molar-refractivity contribution in [1.29, 1.82) is 5.26 Å². The van der Waals surface area contributed by atoms with Gasteiger partial charge in [0.2, 0.25) is 0 Å². The Morgan fingerprint density at radius 3 is 2.69 bits per heavy atom. The maximum Gasteiger partial charge on any atom is 0.134 e. The van der Waals surface area contributed by atoms with E-state index in [1.54, 1.807) is 6.07 Å². The fourth-order valence-electron chi connectivity index (χ4n) is 1.38. The Labute approximate surface area is 81.4 Å². The highest BCUT2D eigenvalue weighted by molar-refractivity contribution is 6.31. The van der Waals surface area contributed by atoms with Gasteiger partial charge in [0, 0.05) is 11.1 Å². The van der Waals surface area contributed by atoms with Gasteiger partial charge in [0.1, 0.15) is 11.8 Å². The van der Waals surface area contributed by atoms with Crippen molar-refractivity contribution in [3.8, 4) is 11.8 Å². The summed E-state index contributed by atoms with van der Waals surface area (Å²) in [5, 5.41) is 18.6. The van der Waals surface area contributed by atoms with Crippen LogP contribution in [0, 0.1) is 11.3 Å². The first kappa shape index (κ1) is 8.40. The molecule has 1 saturated carbocycles. The van der Waals surface area contributed by atoms with Crippen molar-refractivity contribution in [2.24, 2.45) is 0 Å². The molecule has 0 saturated heterocycles. The fraction of sp³-hybridized carbons (Fsp3) is 0.300. The molecule has 3 heteroatoms. The second-order valence-electron chi connectivity index (χ2n) is 3.28. The SMILES string of the molecule is N#Cc1cc(C2CC2)c(Cl)cc1O. The first-order valence-electron chi connectivity index (χ1n) is 4.15. The van der Waals surface area contributed by atoms with E-state index in [1.165, 1.54) is 6.07 Å². The maximum absolute atomic E-state index is 9.31. The van der Waals surface area contributed by atoms with Gasteiger partial charge in [-0.3, -0.25) is 0 Å². The largest absolute Gasteiger partial charge is 0.507 e. The highest BCUT2D eigenvalue weighted by Gasteiger charge is 2.26. The van der Waals surface area contributed by atoms with Crippen LogP contribution < -0.4 is 0 Å². The van der Waals surface area contributed by atoms with E-state index in [-0.39, 0.29) is 5.75 Å². The van der Waals surface area contributed by atoms with Crippen molar-refractivity contribution in [2.75, 3.05) is 0 Å². The molecule has 0 atom stereocenters. The summed E-state index contributed by atoms with van der Waals surface area (Å²) in [5.74, 6) is 0.470. The minimum atomic E-state index is -0.0306. The van der Waals surface area contributed by atoms with Gasteiger partial charge in [-0.2, -0.15) is 5.26 Å². The van der Waals surface area contributed by atoms with Gasteiger partial charge in [0.25, 0.3) is 0 Å².